The molecule has 0 N–H and O–H groups in total. The first-order chi connectivity index (χ1) is 27.2. The smallest absolute Gasteiger partial charge is 0.214 e. The van der Waals surface area contributed by atoms with E-state index in [-0.39, 0.29) is 11.0 Å². The van der Waals surface area contributed by atoms with Crippen molar-refractivity contribution in [2.75, 3.05) is 51.8 Å². The van der Waals surface area contributed by atoms with Crippen molar-refractivity contribution in [2.24, 2.45) is 0 Å². The molecule has 56 heavy (non-hydrogen) atoms. The van der Waals surface area contributed by atoms with E-state index in [2.05, 4.69) is 45.9 Å². The van der Waals surface area contributed by atoms with Gasteiger partial charge in [-0.3, -0.25) is 14.4 Å². The van der Waals surface area contributed by atoms with Crippen molar-refractivity contribution >= 4 is 61.8 Å². The van der Waals surface area contributed by atoms with Crippen molar-refractivity contribution in [3.63, 3.8) is 0 Å². The summed E-state index contributed by atoms with van der Waals surface area (Å²) in [7, 11) is 1.02. The van der Waals surface area contributed by atoms with Crippen molar-refractivity contribution in [3.05, 3.63) is 125 Å². The highest BCUT2D eigenvalue weighted by molar-refractivity contribution is 7.99. The van der Waals surface area contributed by atoms with E-state index in [1.807, 2.05) is 90.6 Å². The lowest BCUT2D eigenvalue weighted by Gasteiger charge is -2.19. The van der Waals surface area contributed by atoms with Gasteiger partial charge in [0.15, 0.2) is 16.8 Å². The SMILES string of the molecule is CCSc1ccc(C(=O)C[S+]2CCCC2)cc1.Cc1cc(C)cc(C(=O)C(C)[S+]2CCCCC2)c1.O=C(C[S+]1CCCC1)c1ccc(Oc2ccccc2)cc1. The molecular formula is C48H61O4S4+3. The molecule has 8 heteroatoms. The fourth-order valence-corrected chi connectivity index (χ4v) is 14.9. The Labute approximate surface area is 349 Å². The van der Waals surface area contributed by atoms with Gasteiger partial charge < -0.3 is 4.74 Å². The Morgan fingerprint density at radius 1 is 0.589 bits per heavy atom. The van der Waals surface area contributed by atoms with Gasteiger partial charge in [0.05, 0.1) is 0 Å². The predicted molar refractivity (Wildman–Crippen MR) is 248 cm³/mol. The van der Waals surface area contributed by atoms with Gasteiger partial charge in [0.25, 0.3) is 0 Å². The number of rotatable bonds is 13. The number of ketones is 3. The van der Waals surface area contributed by atoms with Gasteiger partial charge in [-0.1, -0.05) is 54.4 Å². The van der Waals surface area contributed by atoms with Crippen LogP contribution in [0.2, 0.25) is 0 Å². The standard InChI is InChI=1S/C18H19O2S.C16H23OS.C14H19OS2/c19-18(14-21-12-4-5-13-21)15-8-10-17(11-9-15)20-16-6-2-1-3-7-16;1-12-9-13(2)11-15(10-12)16(17)14(3)18-7-5-4-6-8-18;1-2-16-13-7-5-12(6-8-13)14(15)11-17-9-3-4-10-17/h1-3,6-11H,4-5,12-14H2;9-11,14H,4-8H2,1-3H3;5-8H,2-4,9-11H2,1H3/q3*+1. The van der Waals surface area contributed by atoms with Crippen LogP contribution in [0, 0.1) is 13.8 Å². The summed E-state index contributed by atoms with van der Waals surface area (Å²) in [5.74, 6) is 12.7. The van der Waals surface area contributed by atoms with Gasteiger partial charge in [-0.2, -0.15) is 0 Å². The van der Waals surface area contributed by atoms with Crippen LogP contribution >= 0.6 is 11.8 Å². The zero-order valence-electron chi connectivity index (χ0n) is 33.9. The molecule has 4 aromatic rings. The van der Waals surface area contributed by atoms with Crippen molar-refractivity contribution < 1.29 is 19.1 Å². The number of thioether (sulfide) groups is 1. The molecule has 0 spiro atoms. The van der Waals surface area contributed by atoms with Crippen molar-refractivity contribution in [3.8, 4) is 11.5 Å². The molecule has 0 amide bonds. The van der Waals surface area contributed by atoms with Crippen LogP contribution in [-0.4, -0.2) is 74.4 Å². The van der Waals surface area contributed by atoms with Crippen molar-refractivity contribution in [1.29, 1.82) is 0 Å². The average molecular weight is 830 g/mol. The number of hydrogen-bond donors (Lipinski definition) is 0. The van der Waals surface area contributed by atoms with Crippen LogP contribution in [0.3, 0.4) is 0 Å². The first-order valence-electron chi connectivity index (χ1n) is 20.4. The van der Waals surface area contributed by atoms with Gasteiger partial charge in [-0.05, 0) is 165 Å². The van der Waals surface area contributed by atoms with Gasteiger partial charge in [0.2, 0.25) is 17.3 Å². The van der Waals surface area contributed by atoms with Gasteiger partial charge in [0, 0.05) is 21.6 Å². The fourth-order valence-electron chi connectivity index (χ4n) is 7.20. The lowest BCUT2D eigenvalue weighted by Crippen LogP contribution is -2.34. The minimum absolute atomic E-state index is 0.214. The molecule has 4 nitrogen and oxygen atoms in total. The second-order valence-electron chi connectivity index (χ2n) is 14.9. The Morgan fingerprint density at radius 2 is 1.05 bits per heavy atom. The third-order valence-corrected chi connectivity index (χ3v) is 18.8. The van der Waals surface area contributed by atoms with Gasteiger partial charge in [-0.15, -0.1) is 11.8 Å². The Morgan fingerprint density at radius 3 is 1.55 bits per heavy atom. The maximum absolute atomic E-state index is 12.6. The van der Waals surface area contributed by atoms with Crippen molar-refractivity contribution in [2.45, 2.75) is 82.8 Å². The Hall–Kier alpha value is -2.91. The maximum Gasteiger partial charge on any atom is 0.214 e. The summed E-state index contributed by atoms with van der Waals surface area (Å²) >= 11 is 1.82. The number of ether oxygens (including phenoxy) is 1. The van der Waals surface area contributed by atoms with Crippen LogP contribution in [0.25, 0.3) is 0 Å². The Balaban J connectivity index is 0.000000162. The van der Waals surface area contributed by atoms with E-state index in [1.54, 1.807) is 0 Å². The molecule has 0 aromatic heterocycles. The molecule has 3 fully saturated rings. The molecule has 1 atom stereocenters. The summed E-state index contributed by atoms with van der Waals surface area (Å²) in [6, 6.07) is 31.5. The zero-order valence-corrected chi connectivity index (χ0v) is 37.2. The second kappa shape index (κ2) is 23.5. The molecule has 3 heterocycles. The molecule has 3 aliphatic rings. The van der Waals surface area contributed by atoms with E-state index in [0.29, 0.717) is 44.3 Å². The molecule has 298 valence electrons. The Bertz CT molecular complexity index is 1790. The number of para-hydroxylation sites is 1. The van der Waals surface area contributed by atoms with E-state index in [1.165, 1.54) is 95.5 Å². The normalized spacial score (nSPS) is 16.6. The average Bonchev–Trinajstić information content (AvgIpc) is 3.94. The second-order valence-corrected chi connectivity index (χ2v) is 23.5. The molecule has 1 unspecified atom stereocenters. The van der Waals surface area contributed by atoms with E-state index < -0.39 is 0 Å². The van der Waals surface area contributed by atoms with E-state index in [0.717, 1.165) is 45.4 Å². The molecule has 0 radical (unpaired) electrons. The highest BCUT2D eigenvalue weighted by Crippen LogP contribution is 2.24. The number of aryl methyl sites for hydroxylation is 2. The summed E-state index contributed by atoms with van der Waals surface area (Å²) in [5.41, 5.74) is 4.99. The highest BCUT2D eigenvalue weighted by atomic mass is 32.2. The summed E-state index contributed by atoms with van der Waals surface area (Å²) in [6.07, 6.45) is 9.21. The van der Waals surface area contributed by atoms with E-state index in [4.69, 9.17) is 4.74 Å². The van der Waals surface area contributed by atoms with Gasteiger partial charge >= 0.3 is 0 Å². The molecule has 7 rings (SSSR count). The Kier molecular flexibility index (Phi) is 18.5. The predicted octanol–water partition coefficient (Wildman–Crippen LogP) is 11.1. The zero-order chi connectivity index (χ0) is 39.7. The number of benzene rings is 4. The lowest BCUT2D eigenvalue weighted by atomic mass is 10.0. The minimum atomic E-state index is 0.214. The number of Topliss-reactive ketones (excluding diaryl/α,β-unsaturated/α-hetero) is 3. The lowest BCUT2D eigenvalue weighted by molar-refractivity contribution is 0.0989. The first-order valence-corrected chi connectivity index (χ1v) is 26.5. The highest BCUT2D eigenvalue weighted by Gasteiger charge is 2.34. The summed E-state index contributed by atoms with van der Waals surface area (Å²) in [5, 5.41) is 0.214. The molecule has 0 aliphatic carbocycles. The number of carbonyl (C=O) groups is 3. The van der Waals surface area contributed by atoms with E-state index >= 15 is 0 Å². The topological polar surface area (TPSA) is 60.4 Å². The third kappa shape index (κ3) is 14.5. The van der Waals surface area contributed by atoms with Crippen LogP contribution in [-0.2, 0) is 32.7 Å². The number of carbonyl (C=O) groups excluding carboxylic acids is 3. The van der Waals surface area contributed by atoms with Gasteiger partial charge in [-0.25, -0.2) is 0 Å². The molecule has 4 aromatic carbocycles. The van der Waals surface area contributed by atoms with E-state index in [9.17, 15) is 14.4 Å². The molecule has 0 saturated carbocycles. The number of hydrogen-bond acceptors (Lipinski definition) is 5. The van der Waals surface area contributed by atoms with Gasteiger partial charge in [0.1, 0.15) is 46.0 Å². The van der Waals surface area contributed by atoms with Crippen molar-refractivity contribution in [1.82, 2.24) is 0 Å². The minimum Gasteiger partial charge on any atom is -0.457 e. The summed E-state index contributed by atoms with van der Waals surface area (Å²) < 4.78 is 5.74. The monoisotopic (exact) mass is 829 g/mol. The molecule has 3 aliphatic heterocycles. The molecule has 0 bridgehead atoms. The summed E-state index contributed by atoms with van der Waals surface area (Å²) in [4.78, 5) is 38.1. The third-order valence-electron chi connectivity index (χ3n) is 10.2. The molecular weight excluding hydrogens is 769 g/mol. The van der Waals surface area contributed by atoms with Crippen LogP contribution in [0.5, 0.6) is 11.5 Å². The quantitative estimate of drug-likeness (QED) is 0.0763. The van der Waals surface area contributed by atoms with Crippen LogP contribution in [0.15, 0.2) is 102 Å². The fraction of sp³-hybridized carbons (Fsp3) is 0.438. The van der Waals surface area contributed by atoms with Crippen LogP contribution in [0.4, 0.5) is 0 Å². The molecule has 3 saturated heterocycles. The largest absolute Gasteiger partial charge is 0.457 e. The first kappa shape index (κ1) is 44.2. The van der Waals surface area contributed by atoms with Crippen LogP contribution < -0.4 is 4.74 Å². The maximum atomic E-state index is 12.6. The summed E-state index contributed by atoms with van der Waals surface area (Å²) in [6.45, 7) is 8.41. The van der Waals surface area contributed by atoms with Crippen LogP contribution in [0.1, 0.15) is 101 Å².